The third-order valence-electron chi connectivity index (χ3n) is 2.80. The van der Waals surface area contributed by atoms with Gasteiger partial charge in [-0.05, 0) is 31.2 Å². The molecular formula is C9H16N2O. The summed E-state index contributed by atoms with van der Waals surface area (Å²) in [5, 5.41) is 0. The molecule has 1 saturated carbocycles. The third-order valence-corrected chi connectivity index (χ3v) is 2.80. The fourth-order valence-electron chi connectivity index (χ4n) is 1.80. The molecule has 1 heterocycles. The van der Waals surface area contributed by atoms with E-state index in [4.69, 9.17) is 5.73 Å². The van der Waals surface area contributed by atoms with Gasteiger partial charge in [0.2, 0.25) is 5.91 Å². The number of nitrogens with zero attached hydrogens (tertiary/aromatic N) is 1. The molecule has 2 aliphatic rings. The number of hydrogen-bond donors (Lipinski definition) is 1. The zero-order chi connectivity index (χ0) is 8.55. The minimum absolute atomic E-state index is 0.317. The molecule has 68 valence electrons. The largest absolute Gasteiger partial charge is 0.342 e. The molecule has 3 heteroatoms. The molecule has 0 aromatic heterocycles. The predicted molar refractivity (Wildman–Crippen MR) is 46.5 cm³/mol. The van der Waals surface area contributed by atoms with Crippen LogP contribution in [0.4, 0.5) is 0 Å². The van der Waals surface area contributed by atoms with Gasteiger partial charge in [0.15, 0.2) is 0 Å². The average molecular weight is 168 g/mol. The minimum atomic E-state index is 0.317. The van der Waals surface area contributed by atoms with Crippen molar-refractivity contribution in [3.05, 3.63) is 0 Å². The lowest BCUT2D eigenvalue weighted by Crippen LogP contribution is -2.28. The highest BCUT2D eigenvalue weighted by Crippen LogP contribution is 2.31. The van der Waals surface area contributed by atoms with Crippen molar-refractivity contribution >= 4 is 5.91 Å². The van der Waals surface area contributed by atoms with Crippen LogP contribution in [0.3, 0.4) is 0 Å². The lowest BCUT2D eigenvalue weighted by Gasteiger charge is -2.15. The smallest absolute Gasteiger partial charge is 0.222 e. The summed E-state index contributed by atoms with van der Waals surface area (Å²) in [4.78, 5) is 13.4. The van der Waals surface area contributed by atoms with Crippen LogP contribution >= 0.6 is 0 Å². The zero-order valence-electron chi connectivity index (χ0n) is 7.33. The molecule has 0 spiro atoms. The monoisotopic (exact) mass is 168 g/mol. The second-order valence-electron chi connectivity index (χ2n) is 4.05. The van der Waals surface area contributed by atoms with E-state index >= 15 is 0 Å². The van der Waals surface area contributed by atoms with E-state index in [0.29, 0.717) is 24.8 Å². The Bertz CT molecular complexity index is 189. The third kappa shape index (κ3) is 1.61. The Labute approximate surface area is 72.9 Å². The van der Waals surface area contributed by atoms with Crippen LogP contribution in [0, 0.1) is 11.8 Å². The Morgan fingerprint density at radius 3 is 2.67 bits per heavy atom. The van der Waals surface area contributed by atoms with Gasteiger partial charge in [-0.2, -0.15) is 0 Å². The van der Waals surface area contributed by atoms with Crippen LogP contribution in [0.5, 0.6) is 0 Å². The van der Waals surface area contributed by atoms with Crippen LogP contribution in [-0.2, 0) is 4.79 Å². The maximum absolute atomic E-state index is 11.4. The van der Waals surface area contributed by atoms with Gasteiger partial charge >= 0.3 is 0 Å². The average Bonchev–Trinajstić information content (AvgIpc) is 2.78. The van der Waals surface area contributed by atoms with Crippen molar-refractivity contribution in [3.63, 3.8) is 0 Å². The summed E-state index contributed by atoms with van der Waals surface area (Å²) in [5.41, 5.74) is 5.53. The fraction of sp³-hybridized carbons (Fsp3) is 0.889. The standard InChI is InChI=1S/C9H16N2O/c10-4-8-3-9(12)11(6-8)5-7-1-2-7/h7-8H,1-6,10H2. The summed E-state index contributed by atoms with van der Waals surface area (Å²) in [6, 6.07) is 0. The Hall–Kier alpha value is -0.570. The van der Waals surface area contributed by atoms with E-state index in [1.165, 1.54) is 12.8 Å². The number of likely N-dealkylation sites (tertiary alicyclic amines) is 1. The van der Waals surface area contributed by atoms with E-state index in [1.807, 2.05) is 4.90 Å². The Morgan fingerprint density at radius 2 is 2.17 bits per heavy atom. The first kappa shape index (κ1) is 8.05. The van der Waals surface area contributed by atoms with Gasteiger partial charge in [-0.1, -0.05) is 0 Å². The highest BCUT2D eigenvalue weighted by molar-refractivity contribution is 5.78. The van der Waals surface area contributed by atoms with E-state index in [0.717, 1.165) is 19.0 Å². The molecule has 2 fully saturated rings. The molecule has 1 atom stereocenters. The van der Waals surface area contributed by atoms with Crippen LogP contribution in [-0.4, -0.2) is 30.4 Å². The van der Waals surface area contributed by atoms with Crippen LogP contribution in [0.15, 0.2) is 0 Å². The quantitative estimate of drug-likeness (QED) is 0.654. The van der Waals surface area contributed by atoms with E-state index in [9.17, 15) is 4.79 Å². The molecule has 1 amide bonds. The molecule has 1 unspecified atom stereocenters. The van der Waals surface area contributed by atoms with Crippen molar-refractivity contribution in [1.29, 1.82) is 0 Å². The molecule has 0 aromatic rings. The number of nitrogens with two attached hydrogens (primary N) is 1. The van der Waals surface area contributed by atoms with Crippen LogP contribution in [0.2, 0.25) is 0 Å². The van der Waals surface area contributed by atoms with Crippen molar-refractivity contribution in [2.24, 2.45) is 17.6 Å². The molecule has 2 N–H and O–H groups in total. The number of hydrogen-bond acceptors (Lipinski definition) is 2. The summed E-state index contributed by atoms with van der Waals surface area (Å²) in [6.07, 6.45) is 3.32. The molecule has 2 rings (SSSR count). The lowest BCUT2D eigenvalue weighted by atomic mass is 10.1. The van der Waals surface area contributed by atoms with E-state index in [2.05, 4.69) is 0 Å². The molecule has 1 saturated heterocycles. The first-order chi connectivity index (χ1) is 5.79. The van der Waals surface area contributed by atoms with Crippen molar-refractivity contribution in [1.82, 2.24) is 4.90 Å². The normalized spacial score (nSPS) is 29.9. The van der Waals surface area contributed by atoms with Crippen LogP contribution < -0.4 is 5.73 Å². The van der Waals surface area contributed by atoms with Gasteiger partial charge in [0, 0.05) is 19.5 Å². The number of carbonyl (C=O) groups is 1. The molecular weight excluding hydrogens is 152 g/mol. The zero-order valence-corrected chi connectivity index (χ0v) is 7.33. The summed E-state index contributed by atoms with van der Waals surface area (Å²) < 4.78 is 0. The molecule has 1 aliphatic heterocycles. The van der Waals surface area contributed by atoms with Crippen LogP contribution in [0.1, 0.15) is 19.3 Å². The molecule has 12 heavy (non-hydrogen) atoms. The van der Waals surface area contributed by atoms with Gasteiger partial charge in [-0.3, -0.25) is 4.79 Å². The van der Waals surface area contributed by atoms with Gasteiger partial charge < -0.3 is 10.6 Å². The predicted octanol–water partition coefficient (Wildman–Crippen LogP) is 0.204. The molecule has 1 aliphatic carbocycles. The van der Waals surface area contributed by atoms with Crippen molar-refractivity contribution in [2.45, 2.75) is 19.3 Å². The summed E-state index contributed by atoms with van der Waals surface area (Å²) >= 11 is 0. The van der Waals surface area contributed by atoms with Gasteiger partial charge in [0.05, 0.1) is 0 Å². The van der Waals surface area contributed by atoms with Gasteiger partial charge in [0.25, 0.3) is 0 Å². The number of carbonyl (C=O) groups excluding carboxylic acids is 1. The molecule has 3 nitrogen and oxygen atoms in total. The first-order valence-electron chi connectivity index (χ1n) is 4.77. The van der Waals surface area contributed by atoms with Gasteiger partial charge in [0.1, 0.15) is 0 Å². The maximum atomic E-state index is 11.4. The van der Waals surface area contributed by atoms with Crippen LogP contribution in [0.25, 0.3) is 0 Å². The Kier molecular flexibility index (Phi) is 2.05. The molecule has 0 bridgehead atoms. The highest BCUT2D eigenvalue weighted by atomic mass is 16.2. The van der Waals surface area contributed by atoms with Crippen molar-refractivity contribution in [2.75, 3.05) is 19.6 Å². The first-order valence-corrected chi connectivity index (χ1v) is 4.77. The highest BCUT2D eigenvalue weighted by Gasteiger charge is 2.32. The van der Waals surface area contributed by atoms with Crippen molar-refractivity contribution < 1.29 is 4.79 Å². The summed E-state index contributed by atoms with van der Waals surface area (Å²) in [7, 11) is 0. The summed E-state index contributed by atoms with van der Waals surface area (Å²) in [5.74, 6) is 1.55. The summed E-state index contributed by atoms with van der Waals surface area (Å²) in [6.45, 7) is 2.56. The second kappa shape index (κ2) is 3.05. The Morgan fingerprint density at radius 1 is 1.42 bits per heavy atom. The lowest BCUT2D eigenvalue weighted by molar-refractivity contribution is -0.127. The maximum Gasteiger partial charge on any atom is 0.222 e. The minimum Gasteiger partial charge on any atom is -0.342 e. The SMILES string of the molecule is NCC1CC(=O)N(CC2CC2)C1. The second-order valence-corrected chi connectivity index (χ2v) is 4.05. The number of amides is 1. The van der Waals surface area contributed by atoms with Gasteiger partial charge in [-0.15, -0.1) is 0 Å². The van der Waals surface area contributed by atoms with E-state index in [1.54, 1.807) is 0 Å². The van der Waals surface area contributed by atoms with Crippen molar-refractivity contribution in [3.8, 4) is 0 Å². The van der Waals surface area contributed by atoms with E-state index < -0.39 is 0 Å². The number of rotatable bonds is 3. The molecule has 0 aromatic carbocycles. The van der Waals surface area contributed by atoms with Gasteiger partial charge in [-0.25, -0.2) is 0 Å². The Balaban J connectivity index is 1.84. The topological polar surface area (TPSA) is 46.3 Å². The van der Waals surface area contributed by atoms with E-state index in [-0.39, 0.29) is 0 Å². The molecule has 0 radical (unpaired) electrons. The fourth-order valence-corrected chi connectivity index (χ4v) is 1.80.